The van der Waals surface area contributed by atoms with Gasteiger partial charge in [0.25, 0.3) is 0 Å². The zero-order valence-corrected chi connectivity index (χ0v) is 11.8. The summed E-state index contributed by atoms with van der Waals surface area (Å²) in [4.78, 5) is 22.9. The number of aryl methyl sites for hydroxylation is 2. The van der Waals surface area contributed by atoms with Crippen LogP contribution in [0.15, 0.2) is 18.2 Å². The number of benzene rings is 1. The van der Waals surface area contributed by atoms with Crippen molar-refractivity contribution in [2.45, 2.75) is 33.7 Å². The minimum Gasteiger partial charge on any atom is -0.376 e. The molecule has 0 saturated carbocycles. The maximum Gasteiger partial charge on any atom is 0.321 e. The molecule has 0 aromatic heterocycles. The first-order valence-electron chi connectivity index (χ1n) is 6.29. The van der Waals surface area contributed by atoms with Gasteiger partial charge in [-0.1, -0.05) is 6.07 Å². The van der Waals surface area contributed by atoms with Gasteiger partial charge >= 0.3 is 6.03 Å². The number of carbonyl (C=O) groups is 2. The Labute approximate surface area is 113 Å². The molecule has 3 amide bonds. The van der Waals surface area contributed by atoms with Crippen molar-refractivity contribution in [2.24, 2.45) is 0 Å². The zero-order valence-electron chi connectivity index (χ0n) is 11.8. The van der Waals surface area contributed by atoms with Crippen LogP contribution in [-0.4, -0.2) is 24.5 Å². The van der Waals surface area contributed by atoms with Crippen molar-refractivity contribution in [1.29, 1.82) is 0 Å². The third kappa shape index (κ3) is 5.90. The van der Waals surface area contributed by atoms with Crippen molar-refractivity contribution in [1.82, 2.24) is 10.6 Å². The second-order valence-electron chi connectivity index (χ2n) is 4.91. The molecule has 0 spiro atoms. The molecule has 0 fully saturated rings. The molecule has 5 heteroatoms. The van der Waals surface area contributed by atoms with Gasteiger partial charge in [0.2, 0.25) is 5.91 Å². The van der Waals surface area contributed by atoms with Crippen LogP contribution in [0.1, 0.15) is 25.0 Å². The molecular formula is C14H21N3O2. The average molecular weight is 263 g/mol. The highest BCUT2D eigenvalue weighted by Crippen LogP contribution is 2.13. The molecule has 0 aliphatic carbocycles. The smallest absolute Gasteiger partial charge is 0.321 e. The Bertz CT molecular complexity index is 450. The van der Waals surface area contributed by atoms with Crippen molar-refractivity contribution in [3.63, 3.8) is 0 Å². The van der Waals surface area contributed by atoms with Gasteiger partial charge in [-0.05, 0) is 51.0 Å². The molecule has 0 atom stereocenters. The predicted octanol–water partition coefficient (Wildman–Crippen LogP) is 1.95. The summed E-state index contributed by atoms with van der Waals surface area (Å²) >= 11 is 0. The highest BCUT2D eigenvalue weighted by atomic mass is 16.2. The van der Waals surface area contributed by atoms with Crippen LogP contribution in [-0.2, 0) is 4.79 Å². The largest absolute Gasteiger partial charge is 0.376 e. The fraction of sp³-hybridized carbons (Fsp3) is 0.429. The van der Waals surface area contributed by atoms with Gasteiger partial charge in [-0.3, -0.25) is 10.1 Å². The summed E-state index contributed by atoms with van der Waals surface area (Å²) in [5.74, 6) is -0.364. The number of anilines is 1. The molecule has 0 radical (unpaired) electrons. The Kier molecular flexibility index (Phi) is 5.36. The number of carbonyl (C=O) groups excluding carboxylic acids is 2. The highest BCUT2D eigenvalue weighted by Gasteiger charge is 2.08. The van der Waals surface area contributed by atoms with E-state index in [-0.39, 0.29) is 18.5 Å². The Morgan fingerprint density at radius 1 is 1.11 bits per heavy atom. The van der Waals surface area contributed by atoms with E-state index in [4.69, 9.17) is 0 Å². The summed E-state index contributed by atoms with van der Waals surface area (Å²) in [7, 11) is 0. The lowest BCUT2D eigenvalue weighted by Crippen LogP contribution is -2.44. The van der Waals surface area contributed by atoms with Gasteiger partial charge in [-0.15, -0.1) is 0 Å². The molecule has 1 aromatic rings. The van der Waals surface area contributed by atoms with Gasteiger partial charge in [0.05, 0.1) is 6.54 Å². The van der Waals surface area contributed by atoms with Crippen LogP contribution >= 0.6 is 0 Å². The van der Waals surface area contributed by atoms with Crippen LogP contribution in [0.3, 0.4) is 0 Å². The monoisotopic (exact) mass is 263 g/mol. The molecule has 0 aliphatic heterocycles. The number of hydrogen-bond acceptors (Lipinski definition) is 3. The second kappa shape index (κ2) is 6.78. The molecular weight excluding hydrogens is 242 g/mol. The molecule has 0 saturated heterocycles. The third-order valence-electron chi connectivity index (χ3n) is 2.35. The lowest BCUT2D eigenvalue weighted by atomic mass is 10.1. The van der Waals surface area contributed by atoms with E-state index in [1.807, 2.05) is 39.8 Å². The van der Waals surface area contributed by atoms with E-state index in [1.54, 1.807) is 0 Å². The second-order valence-corrected chi connectivity index (χ2v) is 4.91. The molecule has 0 bridgehead atoms. The molecule has 1 rings (SSSR count). The summed E-state index contributed by atoms with van der Waals surface area (Å²) in [5.41, 5.74) is 3.12. The summed E-state index contributed by atoms with van der Waals surface area (Å²) in [6, 6.07) is 5.49. The summed E-state index contributed by atoms with van der Waals surface area (Å²) < 4.78 is 0. The van der Waals surface area contributed by atoms with Crippen molar-refractivity contribution < 1.29 is 9.59 Å². The zero-order chi connectivity index (χ0) is 14.4. The van der Waals surface area contributed by atoms with Crippen molar-refractivity contribution in [3.8, 4) is 0 Å². The number of amides is 3. The van der Waals surface area contributed by atoms with E-state index in [1.165, 1.54) is 0 Å². The van der Waals surface area contributed by atoms with Gasteiger partial charge in [0.15, 0.2) is 0 Å². The van der Waals surface area contributed by atoms with Gasteiger partial charge < -0.3 is 10.6 Å². The van der Waals surface area contributed by atoms with Crippen molar-refractivity contribution in [3.05, 3.63) is 29.3 Å². The van der Waals surface area contributed by atoms with Gasteiger partial charge in [0.1, 0.15) is 0 Å². The number of nitrogens with one attached hydrogen (secondary N) is 3. The maximum atomic E-state index is 11.5. The fourth-order valence-corrected chi connectivity index (χ4v) is 1.73. The lowest BCUT2D eigenvalue weighted by molar-refractivity contribution is -0.118. The minimum absolute atomic E-state index is 0.000168. The first-order valence-corrected chi connectivity index (χ1v) is 6.29. The van der Waals surface area contributed by atoms with E-state index in [2.05, 4.69) is 22.0 Å². The van der Waals surface area contributed by atoms with Crippen LogP contribution in [0.25, 0.3) is 0 Å². The fourth-order valence-electron chi connectivity index (χ4n) is 1.73. The summed E-state index contributed by atoms with van der Waals surface area (Å²) in [6.07, 6.45) is 0. The minimum atomic E-state index is -0.470. The Morgan fingerprint density at radius 2 is 1.68 bits per heavy atom. The van der Waals surface area contributed by atoms with Crippen LogP contribution in [0.4, 0.5) is 10.5 Å². The quantitative estimate of drug-likeness (QED) is 0.777. The van der Waals surface area contributed by atoms with E-state index in [9.17, 15) is 9.59 Å². The van der Waals surface area contributed by atoms with Gasteiger partial charge in [-0.2, -0.15) is 0 Å². The molecule has 104 valence electrons. The van der Waals surface area contributed by atoms with Gasteiger partial charge in [0, 0.05) is 11.7 Å². The molecule has 0 aliphatic rings. The van der Waals surface area contributed by atoms with Crippen molar-refractivity contribution in [2.75, 3.05) is 11.9 Å². The van der Waals surface area contributed by atoms with Crippen LogP contribution < -0.4 is 16.0 Å². The van der Waals surface area contributed by atoms with E-state index >= 15 is 0 Å². The first-order chi connectivity index (χ1) is 8.86. The summed E-state index contributed by atoms with van der Waals surface area (Å²) in [6.45, 7) is 7.72. The predicted molar refractivity (Wildman–Crippen MR) is 76.2 cm³/mol. The van der Waals surface area contributed by atoms with Gasteiger partial charge in [-0.25, -0.2) is 4.79 Å². The Balaban J connectivity index is 2.43. The third-order valence-corrected chi connectivity index (χ3v) is 2.35. The number of imide groups is 1. The average Bonchev–Trinajstić information content (AvgIpc) is 2.23. The normalized spacial score (nSPS) is 10.2. The van der Waals surface area contributed by atoms with E-state index in [0.717, 1.165) is 16.8 Å². The Hall–Kier alpha value is -2.04. The maximum absolute atomic E-state index is 11.5. The molecule has 3 N–H and O–H groups in total. The first kappa shape index (κ1) is 15.0. The highest BCUT2D eigenvalue weighted by molar-refractivity contribution is 5.96. The lowest BCUT2D eigenvalue weighted by Gasteiger charge is -2.11. The molecule has 0 unspecified atom stereocenters. The van der Waals surface area contributed by atoms with Crippen LogP contribution in [0.5, 0.6) is 0 Å². The molecule has 0 heterocycles. The van der Waals surface area contributed by atoms with Crippen LogP contribution in [0, 0.1) is 13.8 Å². The molecule has 1 aromatic carbocycles. The topological polar surface area (TPSA) is 70.2 Å². The Morgan fingerprint density at radius 3 is 2.21 bits per heavy atom. The molecule has 19 heavy (non-hydrogen) atoms. The number of urea groups is 1. The molecule has 5 nitrogen and oxygen atoms in total. The standard InChI is InChI=1S/C14H21N3O2/c1-9(2)16-14(19)17-13(18)8-15-12-6-10(3)5-11(4)7-12/h5-7,9,15H,8H2,1-4H3,(H2,16,17,18,19). The summed E-state index contributed by atoms with van der Waals surface area (Å²) in [5, 5.41) is 7.84. The number of rotatable bonds is 4. The SMILES string of the molecule is Cc1cc(C)cc(NCC(=O)NC(=O)NC(C)C)c1. The van der Waals surface area contributed by atoms with Crippen molar-refractivity contribution >= 4 is 17.6 Å². The van der Waals surface area contributed by atoms with E-state index in [0.29, 0.717) is 0 Å². The number of hydrogen-bond donors (Lipinski definition) is 3. The van der Waals surface area contributed by atoms with Crippen LogP contribution in [0.2, 0.25) is 0 Å². The van der Waals surface area contributed by atoms with E-state index < -0.39 is 6.03 Å².